The Labute approximate surface area is 178 Å². The molecule has 2 atom stereocenters. The van der Waals surface area contributed by atoms with Gasteiger partial charge in [-0.1, -0.05) is 42.5 Å². The van der Waals surface area contributed by atoms with Crippen LogP contribution in [0.1, 0.15) is 24.1 Å². The lowest BCUT2D eigenvalue weighted by Crippen LogP contribution is -2.49. The van der Waals surface area contributed by atoms with Crippen molar-refractivity contribution in [3.05, 3.63) is 83.2 Å². The van der Waals surface area contributed by atoms with E-state index in [-0.39, 0.29) is 43.3 Å². The molecule has 1 unspecified atom stereocenters. The number of benzene rings is 3. The van der Waals surface area contributed by atoms with E-state index >= 15 is 0 Å². The minimum Gasteiger partial charge on any atom is -0.365 e. The van der Waals surface area contributed by atoms with E-state index in [0.717, 1.165) is 17.0 Å². The molecule has 1 amide bonds. The van der Waals surface area contributed by atoms with E-state index in [1.165, 1.54) is 10.3 Å². The Bertz CT molecular complexity index is 1100. The molecule has 4 nitrogen and oxygen atoms in total. The van der Waals surface area contributed by atoms with Crippen LogP contribution < -0.4 is 5.32 Å². The van der Waals surface area contributed by atoms with Crippen LogP contribution in [0.4, 0.5) is 13.2 Å². The van der Waals surface area contributed by atoms with Crippen LogP contribution in [0.25, 0.3) is 10.8 Å². The lowest BCUT2D eigenvalue weighted by atomic mass is 9.99. The lowest BCUT2D eigenvalue weighted by molar-refractivity contribution is -0.149. The first-order chi connectivity index (χ1) is 14.9. The van der Waals surface area contributed by atoms with Crippen molar-refractivity contribution in [1.29, 1.82) is 0 Å². The highest BCUT2D eigenvalue weighted by molar-refractivity contribution is 5.86. The predicted molar refractivity (Wildman–Crippen MR) is 112 cm³/mol. The molecule has 162 valence electrons. The van der Waals surface area contributed by atoms with Crippen molar-refractivity contribution in [3.63, 3.8) is 0 Å². The number of hydrogen-bond acceptors (Lipinski definition) is 3. The van der Waals surface area contributed by atoms with Gasteiger partial charge in [0.15, 0.2) is 11.6 Å². The number of morpholine rings is 1. The number of nitrogens with one attached hydrogen (secondary N) is 1. The van der Waals surface area contributed by atoms with E-state index in [1.54, 1.807) is 0 Å². The number of hydrogen-bond donors (Lipinski definition) is 1. The van der Waals surface area contributed by atoms with Crippen molar-refractivity contribution in [3.8, 4) is 0 Å². The van der Waals surface area contributed by atoms with Crippen LogP contribution in [0.15, 0.2) is 54.6 Å². The van der Waals surface area contributed by atoms with Crippen molar-refractivity contribution >= 4 is 16.7 Å². The van der Waals surface area contributed by atoms with Crippen LogP contribution in [-0.4, -0.2) is 36.6 Å². The normalized spacial score (nSPS) is 17.9. The molecular weight excluding hydrogens is 405 g/mol. The van der Waals surface area contributed by atoms with E-state index in [0.29, 0.717) is 12.6 Å². The number of carbonyl (C=O) groups is 1. The van der Waals surface area contributed by atoms with Gasteiger partial charge in [0.1, 0.15) is 12.4 Å². The van der Waals surface area contributed by atoms with Crippen molar-refractivity contribution in [2.24, 2.45) is 0 Å². The maximum Gasteiger partial charge on any atom is 0.248 e. The average molecular weight is 428 g/mol. The van der Waals surface area contributed by atoms with Gasteiger partial charge in [-0.2, -0.15) is 0 Å². The van der Waals surface area contributed by atoms with Gasteiger partial charge in [0.05, 0.1) is 6.10 Å². The molecule has 3 aromatic carbocycles. The number of ether oxygens (including phenoxy) is 1. The van der Waals surface area contributed by atoms with Crippen LogP contribution in [0.5, 0.6) is 0 Å². The van der Waals surface area contributed by atoms with Crippen LogP contribution >= 0.6 is 0 Å². The second-order valence-electron chi connectivity index (χ2n) is 7.76. The van der Waals surface area contributed by atoms with E-state index < -0.39 is 17.5 Å². The molecule has 1 aliphatic rings. The average Bonchev–Trinajstić information content (AvgIpc) is 2.77. The number of carbonyl (C=O) groups excluding carboxylic acids is 1. The third-order valence-electron chi connectivity index (χ3n) is 5.61. The zero-order chi connectivity index (χ0) is 22.0. The summed E-state index contributed by atoms with van der Waals surface area (Å²) in [6.45, 7) is 2.49. The van der Waals surface area contributed by atoms with Crippen LogP contribution in [-0.2, 0) is 16.1 Å². The standard InChI is InChI=1S/C24H23F3N2O2/c1-15(19-8-4-6-16-5-2-3-7-20(16)19)28-11-18-13-29(24(30)14-31-18)12-17-9-22(26)23(27)10-21(17)25/h2-10,15,18,28H,11-14H2,1H3/t15-,18?/m1/s1. The van der Waals surface area contributed by atoms with Crippen LogP contribution in [0, 0.1) is 17.5 Å². The maximum absolute atomic E-state index is 14.0. The molecule has 31 heavy (non-hydrogen) atoms. The van der Waals surface area contributed by atoms with Gasteiger partial charge in [-0.05, 0) is 29.3 Å². The van der Waals surface area contributed by atoms with Gasteiger partial charge in [-0.25, -0.2) is 13.2 Å². The monoisotopic (exact) mass is 428 g/mol. The molecule has 0 bridgehead atoms. The van der Waals surface area contributed by atoms with E-state index in [2.05, 4.69) is 36.5 Å². The van der Waals surface area contributed by atoms with Gasteiger partial charge < -0.3 is 15.0 Å². The summed E-state index contributed by atoms with van der Waals surface area (Å²) >= 11 is 0. The molecule has 4 rings (SSSR count). The fraction of sp³-hybridized carbons (Fsp3) is 0.292. The minimum absolute atomic E-state index is 0.0458. The summed E-state index contributed by atoms with van der Waals surface area (Å²) in [7, 11) is 0. The Morgan fingerprint density at radius 3 is 2.65 bits per heavy atom. The third-order valence-corrected chi connectivity index (χ3v) is 5.61. The summed E-state index contributed by atoms with van der Waals surface area (Å²) < 4.78 is 46.3. The zero-order valence-electron chi connectivity index (χ0n) is 17.1. The first kappa shape index (κ1) is 21.3. The third kappa shape index (κ3) is 4.73. The van der Waals surface area contributed by atoms with Crippen molar-refractivity contribution in [2.45, 2.75) is 25.6 Å². The highest BCUT2D eigenvalue weighted by Crippen LogP contribution is 2.24. The predicted octanol–water partition coefficient (Wildman–Crippen LogP) is 4.34. The summed E-state index contributed by atoms with van der Waals surface area (Å²) in [6, 6.07) is 15.6. The van der Waals surface area contributed by atoms with E-state index in [1.807, 2.05) is 18.2 Å². The van der Waals surface area contributed by atoms with Gasteiger partial charge in [-0.15, -0.1) is 0 Å². The Morgan fingerprint density at radius 1 is 1.06 bits per heavy atom. The number of rotatable bonds is 6. The molecule has 0 aliphatic carbocycles. The van der Waals surface area contributed by atoms with Crippen molar-refractivity contribution in [1.82, 2.24) is 10.2 Å². The molecular formula is C24H23F3N2O2. The molecule has 0 spiro atoms. The Kier molecular flexibility index (Phi) is 6.25. The summed E-state index contributed by atoms with van der Waals surface area (Å²) in [5.41, 5.74) is 1.09. The van der Waals surface area contributed by atoms with Crippen molar-refractivity contribution < 1.29 is 22.7 Å². The molecule has 0 aromatic heterocycles. The summed E-state index contributed by atoms with van der Waals surface area (Å²) in [4.78, 5) is 13.6. The molecule has 1 heterocycles. The molecule has 7 heteroatoms. The summed E-state index contributed by atoms with van der Waals surface area (Å²) in [6.07, 6.45) is -0.302. The van der Waals surface area contributed by atoms with Gasteiger partial charge in [0.2, 0.25) is 5.91 Å². The topological polar surface area (TPSA) is 41.6 Å². The minimum atomic E-state index is -1.25. The molecule has 1 N–H and O–H groups in total. The zero-order valence-corrected chi connectivity index (χ0v) is 17.1. The van der Waals surface area contributed by atoms with Gasteiger partial charge in [-0.3, -0.25) is 4.79 Å². The molecule has 1 saturated heterocycles. The quantitative estimate of drug-likeness (QED) is 0.594. The fourth-order valence-corrected chi connectivity index (χ4v) is 3.89. The Morgan fingerprint density at radius 2 is 1.81 bits per heavy atom. The molecule has 1 aliphatic heterocycles. The molecule has 0 radical (unpaired) electrons. The lowest BCUT2D eigenvalue weighted by Gasteiger charge is -2.33. The number of fused-ring (bicyclic) bond motifs is 1. The maximum atomic E-state index is 14.0. The van der Waals surface area contributed by atoms with E-state index in [4.69, 9.17) is 4.74 Å². The van der Waals surface area contributed by atoms with Crippen LogP contribution in [0.3, 0.4) is 0 Å². The highest BCUT2D eigenvalue weighted by Gasteiger charge is 2.27. The number of nitrogens with zero attached hydrogens (tertiary/aromatic N) is 1. The largest absolute Gasteiger partial charge is 0.365 e. The van der Waals surface area contributed by atoms with Crippen molar-refractivity contribution in [2.75, 3.05) is 19.7 Å². The van der Waals surface area contributed by atoms with Gasteiger partial charge >= 0.3 is 0 Å². The first-order valence-corrected chi connectivity index (χ1v) is 10.2. The first-order valence-electron chi connectivity index (χ1n) is 10.2. The highest BCUT2D eigenvalue weighted by atomic mass is 19.2. The smallest absolute Gasteiger partial charge is 0.248 e. The van der Waals surface area contributed by atoms with Gasteiger partial charge in [0.25, 0.3) is 0 Å². The number of halogens is 3. The summed E-state index contributed by atoms with van der Waals surface area (Å²) in [5.74, 6) is -3.58. The fourth-order valence-electron chi connectivity index (χ4n) is 3.89. The van der Waals surface area contributed by atoms with Crippen LogP contribution in [0.2, 0.25) is 0 Å². The molecule has 3 aromatic rings. The van der Waals surface area contributed by atoms with E-state index in [9.17, 15) is 18.0 Å². The molecule has 0 saturated carbocycles. The second kappa shape index (κ2) is 9.08. The number of amides is 1. The second-order valence-corrected chi connectivity index (χ2v) is 7.76. The molecule has 1 fully saturated rings. The van der Waals surface area contributed by atoms with Gasteiger partial charge in [0, 0.05) is 37.3 Å². The summed E-state index contributed by atoms with van der Waals surface area (Å²) in [5, 5.41) is 5.77. The Hall–Kier alpha value is -2.90. The Balaban J connectivity index is 1.40. The SMILES string of the molecule is C[C@@H](NCC1CN(Cc2cc(F)c(F)cc2F)C(=O)CO1)c1cccc2ccccc12.